The summed E-state index contributed by atoms with van der Waals surface area (Å²) in [6.45, 7) is 11.3. The quantitative estimate of drug-likeness (QED) is 0.505. The fraction of sp³-hybridized carbons (Fsp3) is 0.458. The molecule has 1 amide bonds. The van der Waals surface area contributed by atoms with E-state index >= 15 is 0 Å². The van der Waals surface area contributed by atoms with Crippen molar-refractivity contribution in [1.29, 1.82) is 0 Å². The molecule has 0 saturated carbocycles. The maximum Gasteiger partial charge on any atom is 0.407 e. The molecule has 1 unspecified atom stereocenters. The minimum atomic E-state index is -0.526. The van der Waals surface area contributed by atoms with Crippen LogP contribution in [-0.2, 0) is 4.74 Å². The van der Waals surface area contributed by atoms with Gasteiger partial charge in [0.15, 0.2) is 5.65 Å². The third kappa shape index (κ3) is 6.05. The minimum Gasteiger partial charge on any atom is -0.444 e. The molecule has 11 heteroatoms. The number of hydrogen-bond acceptors (Lipinski definition) is 9. The predicted molar refractivity (Wildman–Crippen MR) is 139 cm³/mol. The number of rotatable bonds is 4. The number of fused-ring (bicyclic) bond motifs is 1. The number of halogens is 1. The first-order chi connectivity index (χ1) is 16.5. The fourth-order valence-corrected chi connectivity index (χ4v) is 5.24. The molecule has 0 radical (unpaired) electrons. The number of nitrogens with one attached hydrogen (secondary N) is 1. The van der Waals surface area contributed by atoms with E-state index in [2.05, 4.69) is 39.0 Å². The van der Waals surface area contributed by atoms with Gasteiger partial charge in [0, 0.05) is 30.2 Å². The molecule has 3 N–H and O–H groups in total. The highest BCUT2D eigenvalue weighted by Gasteiger charge is 2.34. The molecule has 0 aromatic carbocycles. The zero-order chi connectivity index (χ0) is 25.3. The van der Waals surface area contributed by atoms with Gasteiger partial charge >= 0.3 is 6.09 Å². The summed E-state index contributed by atoms with van der Waals surface area (Å²) >= 11 is 7.66. The summed E-state index contributed by atoms with van der Waals surface area (Å²) in [7, 11) is 0. The number of aromatic nitrogens is 4. The van der Waals surface area contributed by atoms with E-state index in [9.17, 15) is 4.79 Å². The Morgan fingerprint density at radius 1 is 1.17 bits per heavy atom. The van der Waals surface area contributed by atoms with Crippen molar-refractivity contribution in [3.63, 3.8) is 0 Å². The number of carbonyl (C=O) groups is 1. The van der Waals surface area contributed by atoms with Crippen LogP contribution in [0.4, 0.5) is 16.4 Å². The van der Waals surface area contributed by atoms with E-state index in [4.69, 9.17) is 27.1 Å². The number of amides is 1. The van der Waals surface area contributed by atoms with Gasteiger partial charge in [-0.1, -0.05) is 37.2 Å². The molecular formula is C24H30ClN7O2S. The summed E-state index contributed by atoms with van der Waals surface area (Å²) in [5.74, 6) is 1.49. The van der Waals surface area contributed by atoms with Gasteiger partial charge in [-0.25, -0.2) is 24.7 Å². The molecule has 4 rings (SSSR count). The molecule has 1 aliphatic heterocycles. The molecule has 0 spiro atoms. The third-order valence-electron chi connectivity index (χ3n) is 5.71. The lowest BCUT2D eigenvalue weighted by Gasteiger charge is -2.42. The summed E-state index contributed by atoms with van der Waals surface area (Å²) in [5, 5.41) is 4.20. The summed E-state index contributed by atoms with van der Waals surface area (Å²) in [4.78, 5) is 33.3. The van der Waals surface area contributed by atoms with Crippen LogP contribution in [-0.4, -0.2) is 50.8 Å². The Kier molecular flexibility index (Phi) is 7.23. The van der Waals surface area contributed by atoms with Crippen molar-refractivity contribution in [2.24, 2.45) is 11.8 Å². The first-order valence-corrected chi connectivity index (χ1v) is 12.7. The van der Waals surface area contributed by atoms with E-state index in [0.717, 1.165) is 28.8 Å². The van der Waals surface area contributed by atoms with E-state index in [-0.39, 0.29) is 29.8 Å². The summed E-state index contributed by atoms with van der Waals surface area (Å²) in [6, 6.07) is 5.61. The molecule has 3 aromatic heterocycles. The molecule has 1 fully saturated rings. The van der Waals surface area contributed by atoms with Gasteiger partial charge in [0.05, 0.1) is 11.2 Å². The number of nitrogen functional groups attached to an aromatic ring is 1. The van der Waals surface area contributed by atoms with Crippen LogP contribution in [0.3, 0.4) is 0 Å². The van der Waals surface area contributed by atoms with Crippen LogP contribution in [0, 0.1) is 11.8 Å². The van der Waals surface area contributed by atoms with Crippen molar-refractivity contribution in [2.75, 3.05) is 23.7 Å². The molecule has 1 saturated heterocycles. The number of pyridine rings is 2. The first-order valence-electron chi connectivity index (χ1n) is 11.5. The van der Waals surface area contributed by atoms with Crippen molar-refractivity contribution in [3.8, 4) is 0 Å². The first kappa shape index (κ1) is 25.2. The maximum absolute atomic E-state index is 12.3. The minimum absolute atomic E-state index is 0.0183. The highest BCUT2D eigenvalue weighted by atomic mass is 35.5. The lowest BCUT2D eigenvalue weighted by atomic mass is 9.86. The van der Waals surface area contributed by atoms with Crippen LogP contribution in [0.5, 0.6) is 0 Å². The Bertz CT molecular complexity index is 1220. The van der Waals surface area contributed by atoms with E-state index < -0.39 is 5.60 Å². The number of piperidine rings is 1. The van der Waals surface area contributed by atoms with Gasteiger partial charge < -0.3 is 20.7 Å². The predicted octanol–water partition coefficient (Wildman–Crippen LogP) is 4.79. The smallest absolute Gasteiger partial charge is 0.407 e. The van der Waals surface area contributed by atoms with Crippen molar-refractivity contribution < 1.29 is 9.53 Å². The number of nitrogens with zero attached hydrogens (tertiary/aromatic N) is 5. The second kappa shape index (κ2) is 10.0. The molecule has 35 heavy (non-hydrogen) atoms. The van der Waals surface area contributed by atoms with Gasteiger partial charge in [0.1, 0.15) is 27.8 Å². The molecule has 3 atom stereocenters. The number of hydrogen-bond donors (Lipinski definition) is 2. The van der Waals surface area contributed by atoms with Crippen LogP contribution < -0.4 is 16.0 Å². The molecule has 3 aromatic rings. The maximum atomic E-state index is 12.3. The highest BCUT2D eigenvalue weighted by molar-refractivity contribution is 7.99. The second-order valence-electron chi connectivity index (χ2n) is 9.86. The average Bonchev–Trinajstić information content (AvgIpc) is 2.77. The Labute approximate surface area is 214 Å². The van der Waals surface area contributed by atoms with Gasteiger partial charge in [-0.2, -0.15) is 0 Å². The lowest BCUT2D eigenvalue weighted by molar-refractivity contribution is 0.0457. The summed E-state index contributed by atoms with van der Waals surface area (Å²) in [6.07, 6.45) is 2.99. The number of nitrogens with two attached hydrogens (primary N) is 1. The van der Waals surface area contributed by atoms with Crippen LogP contribution in [0.1, 0.15) is 34.6 Å². The zero-order valence-corrected chi connectivity index (χ0v) is 22.0. The largest absolute Gasteiger partial charge is 0.444 e. The normalized spacial score (nSPS) is 20.6. The number of carbonyl (C=O) groups excluding carboxylic acids is 1. The third-order valence-corrected chi connectivity index (χ3v) is 7.22. The van der Waals surface area contributed by atoms with Gasteiger partial charge in [-0.05, 0) is 50.8 Å². The molecule has 0 aliphatic carbocycles. The van der Waals surface area contributed by atoms with E-state index in [1.54, 1.807) is 18.5 Å². The lowest BCUT2D eigenvalue weighted by Crippen LogP contribution is -2.55. The molecule has 1 aliphatic rings. The Balaban J connectivity index is 1.46. The van der Waals surface area contributed by atoms with E-state index in [1.807, 2.05) is 32.9 Å². The topological polar surface area (TPSA) is 119 Å². The average molecular weight is 516 g/mol. The van der Waals surface area contributed by atoms with Gasteiger partial charge in [0.2, 0.25) is 0 Å². The molecule has 9 nitrogen and oxygen atoms in total. The highest BCUT2D eigenvalue weighted by Crippen LogP contribution is 2.35. The monoisotopic (exact) mass is 515 g/mol. The van der Waals surface area contributed by atoms with Gasteiger partial charge in [-0.15, -0.1) is 0 Å². The summed E-state index contributed by atoms with van der Waals surface area (Å²) in [5.41, 5.74) is 6.54. The Morgan fingerprint density at radius 2 is 1.89 bits per heavy atom. The van der Waals surface area contributed by atoms with Gasteiger partial charge in [-0.3, -0.25) is 0 Å². The van der Waals surface area contributed by atoms with Crippen LogP contribution in [0.25, 0.3) is 11.2 Å². The molecule has 4 heterocycles. The molecule has 186 valence electrons. The van der Waals surface area contributed by atoms with Crippen molar-refractivity contribution in [2.45, 2.75) is 56.2 Å². The van der Waals surface area contributed by atoms with E-state index in [1.165, 1.54) is 11.8 Å². The Hall–Kier alpha value is -2.85. The van der Waals surface area contributed by atoms with Crippen LogP contribution >= 0.6 is 23.4 Å². The van der Waals surface area contributed by atoms with Crippen LogP contribution in [0.15, 0.2) is 40.5 Å². The van der Waals surface area contributed by atoms with Crippen molar-refractivity contribution >= 4 is 52.3 Å². The fourth-order valence-electron chi connectivity index (χ4n) is 4.19. The number of anilines is 2. The van der Waals surface area contributed by atoms with E-state index in [0.29, 0.717) is 16.2 Å². The zero-order valence-electron chi connectivity index (χ0n) is 20.4. The Morgan fingerprint density at radius 3 is 2.57 bits per heavy atom. The van der Waals surface area contributed by atoms with Crippen molar-refractivity contribution in [1.82, 2.24) is 25.3 Å². The standard InChI is InChI=1S/C24H30ClN7O2S/c1-13-11-32(12-14(2)20(13)31-23(33)34-24(3,4)5)17-10-28-22-15(29-17)6-7-18(30-22)35-16-8-9-27-21(26)19(16)25/h6-10,13-14,20H,11-12H2,1-5H3,(H2,26,27)(H,31,33)/t13-,14+,20?. The number of ether oxygens (including phenoxy) is 1. The summed E-state index contributed by atoms with van der Waals surface area (Å²) < 4.78 is 5.44. The van der Waals surface area contributed by atoms with Crippen LogP contribution in [0.2, 0.25) is 5.02 Å². The molecular weight excluding hydrogens is 486 g/mol. The number of alkyl carbamates (subject to hydrolysis) is 1. The second-order valence-corrected chi connectivity index (χ2v) is 11.3. The van der Waals surface area contributed by atoms with Crippen molar-refractivity contribution in [3.05, 3.63) is 35.6 Å². The molecule has 0 bridgehead atoms. The van der Waals surface area contributed by atoms with Gasteiger partial charge in [0.25, 0.3) is 0 Å². The SMILES string of the molecule is C[C@@H]1CN(c2cnc3nc(Sc4ccnc(N)c4Cl)ccc3n2)C[C@H](C)C1NC(=O)OC(C)(C)C.